The molecule has 5 aromatic carbocycles. The van der Waals surface area contributed by atoms with Gasteiger partial charge in [0.05, 0.1) is 37.3 Å². The topological polar surface area (TPSA) is 270 Å². The van der Waals surface area contributed by atoms with Crippen molar-refractivity contribution in [3.8, 4) is 0 Å². The van der Waals surface area contributed by atoms with Crippen LogP contribution in [0.4, 0.5) is 18.8 Å². The summed E-state index contributed by atoms with van der Waals surface area (Å²) in [6, 6.07) is 37.3. The summed E-state index contributed by atoms with van der Waals surface area (Å²) in [5.74, 6) is 6.86. The van der Waals surface area contributed by atoms with Crippen molar-refractivity contribution < 1.29 is 111 Å². The van der Waals surface area contributed by atoms with E-state index in [9.17, 15) is 38.0 Å². The first-order chi connectivity index (χ1) is 38.9. The van der Waals surface area contributed by atoms with Gasteiger partial charge in [-0.15, -0.1) is 0 Å². The molecule has 0 saturated heterocycles. The second-order valence-corrected chi connectivity index (χ2v) is 21.4. The second-order valence-electron chi connectivity index (χ2n) is 21.4. The molecule has 2 heterocycles. The Bertz CT molecular complexity index is 2700. The first-order valence-corrected chi connectivity index (χ1v) is 26.4. The number of halogens is 1. The fourth-order valence-corrected chi connectivity index (χ4v) is 7.13. The number of carbonyl (C=O) groups is 7. The molecule has 83 heavy (non-hydrogen) atoms. The Morgan fingerprint density at radius 3 is 1.06 bits per heavy atom. The van der Waals surface area contributed by atoms with Crippen molar-refractivity contribution in [3.05, 3.63) is 177 Å². The van der Waals surface area contributed by atoms with Gasteiger partial charge in [-0.25, -0.2) is 14.4 Å². The number of aryl methyl sites for hydroxylation is 1. The minimum atomic E-state index is -1.00. The zero-order valence-electron chi connectivity index (χ0n) is 53.1. The van der Waals surface area contributed by atoms with Crippen molar-refractivity contribution in [2.45, 2.75) is 132 Å². The molecule has 0 atom stereocenters. The molecule has 8 N–H and O–H groups in total. The van der Waals surface area contributed by atoms with E-state index < -0.39 is 24.0 Å². The quantitative estimate of drug-likeness (QED) is 0.0308. The molecule has 0 spiro atoms. The Labute approximate surface area is 535 Å². The van der Waals surface area contributed by atoms with E-state index in [4.69, 9.17) is 26.4 Å². The van der Waals surface area contributed by atoms with Crippen molar-refractivity contribution in [2.75, 3.05) is 34.9 Å². The van der Waals surface area contributed by atoms with Crippen LogP contribution in [0.5, 0.6) is 0 Å². The summed E-state index contributed by atoms with van der Waals surface area (Å²) in [7, 11) is 4.16. The Morgan fingerprint density at radius 1 is 0.542 bits per heavy atom. The molecule has 19 nitrogen and oxygen atoms in total. The summed E-state index contributed by atoms with van der Waals surface area (Å²) >= 11 is 0. The van der Waals surface area contributed by atoms with Gasteiger partial charge in [-0.2, -0.15) is 0 Å². The van der Waals surface area contributed by atoms with Gasteiger partial charge < -0.3 is 41.2 Å². The molecule has 7 rings (SSSR count). The number of nitrogens with one attached hydrogen (secondary N) is 1. The minimum Gasteiger partial charge on any atom is -1.00 e. The fourth-order valence-electron chi connectivity index (χ4n) is 7.13. The summed E-state index contributed by atoms with van der Waals surface area (Å²) in [5, 5.41) is 9.77. The maximum absolute atomic E-state index is 12.5. The van der Waals surface area contributed by atoms with Crippen LogP contribution in [0.15, 0.2) is 121 Å². The van der Waals surface area contributed by atoms with E-state index in [2.05, 4.69) is 48.2 Å². The summed E-state index contributed by atoms with van der Waals surface area (Å²) < 4.78 is 31.4. The van der Waals surface area contributed by atoms with E-state index in [1.165, 1.54) is 15.4 Å². The van der Waals surface area contributed by atoms with Gasteiger partial charge in [0, 0.05) is 53.9 Å². The largest absolute Gasteiger partial charge is 1.00 e. The van der Waals surface area contributed by atoms with E-state index in [0.29, 0.717) is 48.4 Å². The number of nitrogens with two attached hydrogens (primary N) is 3. The molecule has 21 heteroatoms. The molecule has 0 aliphatic carbocycles. The molecule has 2 aliphatic rings. The van der Waals surface area contributed by atoms with Crippen LogP contribution in [0.25, 0.3) is 0 Å². The smallest absolute Gasteiger partial charge is 1.00 e. The number of hydrogen-bond acceptors (Lipinski definition) is 14. The second kappa shape index (κ2) is 37.7. The molecule has 0 saturated carbocycles. The third-order valence-electron chi connectivity index (χ3n) is 10.9. The molecule has 7 amide bonds. The molecular formula is C62H88FKN8O11. The Kier molecular flexibility index (Phi) is 33.9. The van der Waals surface area contributed by atoms with Gasteiger partial charge in [-0.05, 0) is 133 Å². The fraction of sp³-hybridized carbons (Fsp3) is 0.403. The molecule has 0 fully saturated rings. The maximum atomic E-state index is 12.5. The number of aliphatic hydroxyl groups is 1. The zero-order valence-corrected chi connectivity index (χ0v) is 54.3. The van der Waals surface area contributed by atoms with Gasteiger partial charge in [0.25, 0.3) is 23.6 Å². The third-order valence-corrected chi connectivity index (χ3v) is 10.9. The Morgan fingerprint density at radius 2 is 0.795 bits per heavy atom. The number of aliphatic hydroxyl groups excluding tert-OH is 1. The molecule has 0 radical (unpaired) electrons. The molecule has 0 bridgehead atoms. The van der Waals surface area contributed by atoms with Gasteiger partial charge in [0.15, 0.2) is 0 Å². The van der Waals surface area contributed by atoms with E-state index in [0.717, 1.165) is 34.2 Å². The van der Waals surface area contributed by atoms with Gasteiger partial charge in [-0.3, -0.25) is 45.5 Å². The summed E-state index contributed by atoms with van der Waals surface area (Å²) in [5.41, 5.74) is 12.2. The third kappa shape index (κ3) is 28.2. The minimum absolute atomic E-state index is 0. The molecule has 0 aromatic heterocycles. The van der Waals surface area contributed by atoms with Crippen molar-refractivity contribution in [3.63, 3.8) is 0 Å². The number of fused-ring (bicyclic) bond motifs is 2. The number of alkyl halides is 1. The van der Waals surface area contributed by atoms with Crippen LogP contribution in [0, 0.1) is 0 Å². The number of rotatable bonds is 10. The van der Waals surface area contributed by atoms with Crippen LogP contribution in [-0.2, 0) is 53.4 Å². The van der Waals surface area contributed by atoms with Crippen LogP contribution >= 0.6 is 0 Å². The first kappa shape index (κ1) is 74.6. The number of nitrogens with zero attached hydrogens (tertiary/aromatic N) is 4. The van der Waals surface area contributed by atoms with Gasteiger partial charge in [0.1, 0.15) is 16.8 Å². The molecule has 2 aliphatic heterocycles. The van der Waals surface area contributed by atoms with Crippen molar-refractivity contribution >= 4 is 41.9 Å². The van der Waals surface area contributed by atoms with E-state index in [1.807, 2.05) is 111 Å². The van der Waals surface area contributed by atoms with E-state index in [1.54, 1.807) is 86.4 Å². The molecular weight excluding hydrogens is 1090 g/mol. The predicted octanol–water partition coefficient (Wildman–Crippen LogP) is 7.07. The van der Waals surface area contributed by atoms with Crippen LogP contribution in [0.1, 0.15) is 154 Å². The SMILES string of the molecule is CCO.CCc1ccc(CN(C)C(=O)OC(C)(C)C)cc1.CN(Cc1ccc(CN)cc1)C(=O)OC(C)(C)C.CN(Cc1ccc(CN2C(=O)c3ccccc3C2=O)cc1)C(=O)OC(C)(C)C.NN.O=C1NC(=O)c2ccccc21.[2H]CF.[H-].[K+]. The number of benzene rings is 5. The summed E-state index contributed by atoms with van der Waals surface area (Å²) in [4.78, 5) is 88.3. The van der Waals surface area contributed by atoms with Gasteiger partial charge >= 0.3 is 69.7 Å². The van der Waals surface area contributed by atoms with Crippen LogP contribution < -0.4 is 74.1 Å². The van der Waals surface area contributed by atoms with Crippen molar-refractivity contribution in [1.29, 1.82) is 0 Å². The number of hydrogen-bond donors (Lipinski definition) is 5. The monoisotopic (exact) mass is 1180 g/mol. The molecule has 450 valence electrons. The summed E-state index contributed by atoms with van der Waals surface area (Å²) in [6.45, 7) is 23.0. The number of carbonyl (C=O) groups excluding carboxylic acids is 7. The average molecular weight is 1180 g/mol. The number of hydrazine groups is 1. The maximum Gasteiger partial charge on any atom is 1.00 e. The van der Waals surface area contributed by atoms with E-state index in [-0.39, 0.29) is 108 Å². The normalized spacial score (nSPS) is 11.8. The predicted molar refractivity (Wildman–Crippen MR) is 318 cm³/mol. The van der Waals surface area contributed by atoms with Crippen molar-refractivity contribution in [2.24, 2.45) is 17.4 Å². The van der Waals surface area contributed by atoms with Gasteiger partial charge in [0.2, 0.25) is 0 Å². The standard InChI is InChI=1S/C22H24N2O4.C15H23NO2.C14H22N2O2.C8H5NO2.C2H6O.CH3F.K.H4N2.H/c1-22(2,3)28-21(27)23(4)13-15-9-11-16(12-10-15)14-24-19(25)17-7-5-6-8-18(17)20(24)26;1-6-12-7-9-13(10-8-12)11-16(5)14(17)18-15(2,3)4;1-14(2,3)18-13(17)16(4)10-12-7-5-11(9-15)6-8-12;10-7-5-3-1-2-4-6(5)8(11)9-7;1-2-3;1-2;;1-2;/h5-12H,13-14H2,1-4H3;7-10H,6,11H2,1-5H3;5-8H,9-10,15H2,1-4H3;1-4H,(H,9,10,11);3H,2H2,1H3;1H3;;1-2H2;/q;;;;;;+1;;-1/i;;;;;1D;;;. The van der Waals surface area contributed by atoms with Crippen LogP contribution in [0.2, 0.25) is 0 Å². The number of imide groups is 2. The van der Waals surface area contributed by atoms with Crippen LogP contribution in [0.3, 0.4) is 0 Å². The first-order valence-electron chi connectivity index (χ1n) is 27.1. The van der Waals surface area contributed by atoms with Gasteiger partial charge in [-0.1, -0.05) is 104 Å². The van der Waals surface area contributed by atoms with Crippen LogP contribution in [-0.4, -0.2) is 118 Å². The zero-order chi connectivity index (χ0) is 63.3. The molecule has 0 unspecified atom stereocenters. The number of amides is 7. The Hall–Kier alpha value is -6.40. The number of ether oxygens (including phenoxy) is 3. The molecule has 5 aromatic rings. The Balaban J connectivity index is 0. The summed E-state index contributed by atoms with van der Waals surface area (Å²) in [6.07, 6.45) is 0.0393. The van der Waals surface area contributed by atoms with Crippen molar-refractivity contribution in [1.82, 2.24) is 24.9 Å². The van der Waals surface area contributed by atoms with E-state index >= 15 is 0 Å². The average Bonchev–Trinajstić information content (AvgIpc) is 3.14.